The number of carbonyl (C=O) groups is 1. The molecule has 0 aliphatic heterocycles. The third kappa shape index (κ3) is 3.33. The van der Waals surface area contributed by atoms with Crippen LogP contribution in [0, 0.1) is 5.92 Å². The zero-order chi connectivity index (χ0) is 10.4. The molecule has 0 unspecified atom stereocenters. The molecule has 0 saturated carbocycles. The van der Waals surface area contributed by atoms with Gasteiger partial charge < -0.3 is 0 Å². The van der Waals surface area contributed by atoms with Crippen molar-refractivity contribution in [1.29, 1.82) is 0 Å². The van der Waals surface area contributed by atoms with E-state index in [1.165, 1.54) is 0 Å². The van der Waals surface area contributed by atoms with Crippen molar-refractivity contribution in [2.45, 2.75) is 33.1 Å². The number of carbonyl (C=O) groups excluding carboxylic acids is 1. The van der Waals surface area contributed by atoms with Gasteiger partial charge in [0.2, 0.25) is 0 Å². The second-order valence-corrected chi connectivity index (χ2v) is 3.84. The molecule has 0 aromatic heterocycles. The Labute approximate surface area is 86.1 Å². The molecule has 0 aliphatic carbocycles. The smallest absolute Gasteiger partial charge is 0.162 e. The summed E-state index contributed by atoms with van der Waals surface area (Å²) in [4.78, 5) is 11.7. The van der Waals surface area contributed by atoms with Gasteiger partial charge in [-0.05, 0) is 12.3 Å². The van der Waals surface area contributed by atoms with Gasteiger partial charge in [-0.2, -0.15) is 0 Å². The molecular weight excluding hydrogens is 172 g/mol. The van der Waals surface area contributed by atoms with Crippen LogP contribution < -0.4 is 0 Å². The van der Waals surface area contributed by atoms with Gasteiger partial charge in [0.05, 0.1) is 0 Å². The van der Waals surface area contributed by atoms with Crippen molar-refractivity contribution in [1.82, 2.24) is 0 Å². The fourth-order valence-corrected chi connectivity index (χ4v) is 1.35. The molecule has 0 heterocycles. The van der Waals surface area contributed by atoms with Crippen LogP contribution >= 0.6 is 0 Å². The van der Waals surface area contributed by atoms with Crippen LogP contribution in [0.1, 0.15) is 43.5 Å². The molecule has 1 aromatic carbocycles. The van der Waals surface area contributed by atoms with Gasteiger partial charge in [0.15, 0.2) is 5.78 Å². The van der Waals surface area contributed by atoms with Crippen molar-refractivity contribution >= 4 is 5.78 Å². The lowest BCUT2D eigenvalue weighted by atomic mass is 9.98. The number of benzene rings is 1. The third-order valence-corrected chi connectivity index (χ3v) is 2.66. The minimum atomic E-state index is 0.269. The Hall–Kier alpha value is -1.11. The summed E-state index contributed by atoms with van der Waals surface area (Å²) in [7, 11) is 0. The van der Waals surface area contributed by atoms with Crippen LogP contribution in [0.4, 0.5) is 0 Å². The average molecular weight is 190 g/mol. The predicted octanol–water partition coefficient (Wildman–Crippen LogP) is 3.70. The Balaban J connectivity index is 2.44. The summed E-state index contributed by atoms with van der Waals surface area (Å²) in [5.74, 6) is 0.925. The third-order valence-electron chi connectivity index (χ3n) is 2.66. The number of rotatable bonds is 5. The fraction of sp³-hybridized carbons (Fsp3) is 0.462. The van der Waals surface area contributed by atoms with E-state index in [1.54, 1.807) is 0 Å². The van der Waals surface area contributed by atoms with E-state index in [-0.39, 0.29) is 5.78 Å². The van der Waals surface area contributed by atoms with Crippen molar-refractivity contribution in [3.8, 4) is 0 Å². The van der Waals surface area contributed by atoms with Crippen molar-refractivity contribution in [3.63, 3.8) is 0 Å². The van der Waals surface area contributed by atoms with Crippen molar-refractivity contribution in [2.24, 2.45) is 5.92 Å². The lowest BCUT2D eigenvalue weighted by Crippen LogP contribution is -2.02. The first-order chi connectivity index (χ1) is 6.74. The highest BCUT2D eigenvalue weighted by atomic mass is 16.1. The Morgan fingerprint density at radius 3 is 2.50 bits per heavy atom. The predicted molar refractivity (Wildman–Crippen MR) is 59.5 cm³/mol. The molecule has 0 N–H and O–H groups in total. The second-order valence-electron chi connectivity index (χ2n) is 3.84. The van der Waals surface area contributed by atoms with E-state index in [4.69, 9.17) is 0 Å². The van der Waals surface area contributed by atoms with E-state index in [2.05, 4.69) is 13.8 Å². The molecule has 14 heavy (non-hydrogen) atoms. The second kappa shape index (κ2) is 5.58. The van der Waals surface area contributed by atoms with Crippen LogP contribution in [0.5, 0.6) is 0 Å². The monoisotopic (exact) mass is 190 g/mol. The van der Waals surface area contributed by atoms with Crippen LogP contribution in [0.25, 0.3) is 0 Å². The van der Waals surface area contributed by atoms with E-state index in [9.17, 15) is 4.79 Å². The summed E-state index contributed by atoms with van der Waals surface area (Å²) < 4.78 is 0. The highest BCUT2D eigenvalue weighted by Crippen LogP contribution is 2.12. The standard InChI is InChI=1S/C13H18O/c1-3-11(2)9-10-13(14)12-7-5-4-6-8-12/h4-8,11H,3,9-10H2,1-2H3/t11-/m1/s1. The molecule has 76 valence electrons. The molecule has 1 aromatic rings. The number of hydrogen-bond acceptors (Lipinski definition) is 1. The van der Waals surface area contributed by atoms with Gasteiger partial charge in [-0.15, -0.1) is 0 Å². The summed E-state index contributed by atoms with van der Waals surface area (Å²) >= 11 is 0. The van der Waals surface area contributed by atoms with E-state index >= 15 is 0 Å². The van der Waals surface area contributed by atoms with Crippen LogP contribution in [0.15, 0.2) is 30.3 Å². The number of hydrogen-bond donors (Lipinski definition) is 0. The molecule has 1 nitrogen and oxygen atoms in total. The molecular formula is C13H18O. The molecule has 1 rings (SSSR count). The van der Waals surface area contributed by atoms with Gasteiger partial charge in [0, 0.05) is 12.0 Å². The molecule has 0 saturated heterocycles. The maximum Gasteiger partial charge on any atom is 0.162 e. The summed E-state index contributed by atoms with van der Waals surface area (Å²) in [5.41, 5.74) is 0.843. The summed E-state index contributed by atoms with van der Waals surface area (Å²) in [6.07, 6.45) is 2.84. The van der Waals surface area contributed by atoms with Gasteiger partial charge in [-0.3, -0.25) is 4.79 Å². The Morgan fingerprint density at radius 1 is 1.29 bits per heavy atom. The van der Waals surface area contributed by atoms with Gasteiger partial charge in [0.25, 0.3) is 0 Å². The fourth-order valence-electron chi connectivity index (χ4n) is 1.35. The zero-order valence-electron chi connectivity index (χ0n) is 8.99. The molecule has 0 amide bonds. The first-order valence-electron chi connectivity index (χ1n) is 5.32. The first kappa shape index (κ1) is 11.0. The summed E-state index contributed by atoms with van der Waals surface area (Å²) in [6, 6.07) is 9.54. The van der Waals surface area contributed by atoms with Gasteiger partial charge in [-0.25, -0.2) is 0 Å². The molecule has 0 radical (unpaired) electrons. The number of ketones is 1. The maximum absolute atomic E-state index is 11.7. The Bertz CT molecular complexity index is 277. The minimum absolute atomic E-state index is 0.269. The molecule has 0 bridgehead atoms. The Kier molecular flexibility index (Phi) is 4.37. The van der Waals surface area contributed by atoms with Crippen LogP contribution in [-0.2, 0) is 0 Å². The van der Waals surface area contributed by atoms with Crippen LogP contribution in [0.3, 0.4) is 0 Å². The number of Topliss-reactive ketones (excluding diaryl/α,β-unsaturated/α-hetero) is 1. The van der Waals surface area contributed by atoms with E-state index < -0.39 is 0 Å². The largest absolute Gasteiger partial charge is 0.294 e. The van der Waals surface area contributed by atoms with Crippen molar-refractivity contribution in [3.05, 3.63) is 35.9 Å². The molecule has 1 atom stereocenters. The molecule has 0 fully saturated rings. The minimum Gasteiger partial charge on any atom is -0.294 e. The average Bonchev–Trinajstić information content (AvgIpc) is 2.26. The maximum atomic E-state index is 11.7. The first-order valence-corrected chi connectivity index (χ1v) is 5.32. The molecule has 1 heteroatoms. The van der Waals surface area contributed by atoms with E-state index in [1.807, 2.05) is 30.3 Å². The van der Waals surface area contributed by atoms with Crippen molar-refractivity contribution < 1.29 is 4.79 Å². The zero-order valence-corrected chi connectivity index (χ0v) is 8.99. The van der Waals surface area contributed by atoms with Gasteiger partial charge in [-0.1, -0.05) is 50.6 Å². The topological polar surface area (TPSA) is 17.1 Å². The quantitative estimate of drug-likeness (QED) is 0.647. The SMILES string of the molecule is CC[C@@H](C)CCC(=O)c1ccccc1. The van der Waals surface area contributed by atoms with Crippen molar-refractivity contribution in [2.75, 3.05) is 0 Å². The van der Waals surface area contributed by atoms with E-state index in [0.717, 1.165) is 18.4 Å². The highest BCUT2D eigenvalue weighted by Gasteiger charge is 2.06. The molecule has 0 spiro atoms. The Morgan fingerprint density at radius 2 is 1.93 bits per heavy atom. The van der Waals surface area contributed by atoms with Gasteiger partial charge >= 0.3 is 0 Å². The summed E-state index contributed by atoms with van der Waals surface area (Å²) in [5, 5.41) is 0. The molecule has 0 aliphatic rings. The lowest BCUT2D eigenvalue weighted by molar-refractivity contribution is 0.0974. The lowest BCUT2D eigenvalue weighted by Gasteiger charge is -2.06. The summed E-state index contributed by atoms with van der Waals surface area (Å²) in [6.45, 7) is 4.36. The van der Waals surface area contributed by atoms with Crippen LogP contribution in [0.2, 0.25) is 0 Å². The van der Waals surface area contributed by atoms with Crippen LogP contribution in [-0.4, -0.2) is 5.78 Å². The highest BCUT2D eigenvalue weighted by molar-refractivity contribution is 5.95. The van der Waals surface area contributed by atoms with Gasteiger partial charge in [0.1, 0.15) is 0 Å². The van der Waals surface area contributed by atoms with E-state index in [0.29, 0.717) is 12.3 Å². The normalized spacial score (nSPS) is 12.4.